The number of amides is 1. The summed E-state index contributed by atoms with van der Waals surface area (Å²) in [5.74, 6) is 0.670. The van der Waals surface area contributed by atoms with Crippen LogP contribution < -0.4 is 5.32 Å². The maximum absolute atomic E-state index is 12.6. The first-order chi connectivity index (χ1) is 8.19. The van der Waals surface area contributed by atoms with Crippen LogP contribution >= 0.6 is 0 Å². The van der Waals surface area contributed by atoms with Crippen molar-refractivity contribution in [1.29, 1.82) is 0 Å². The fraction of sp³-hybridized carbons (Fsp3) is 0.933. The summed E-state index contributed by atoms with van der Waals surface area (Å²) in [7, 11) is 0. The molecule has 1 fully saturated rings. The molecule has 18 heavy (non-hydrogen) atoms. The molecule has 0 aromatic heterocycles. The van der Waals surface area contributed by atoms with Gasteiger partial charge in [0.1, 0.15) is 0 Å². The van der Waals surface area contributed by atoms with Crippen molar-refractivity contribution in [2.24, 2.45) is 11.3 Å². The number of hydrogen-bond donors (Lipinski definition) is 2. The Bertz CT molecular complexity index is 289. The summed E-state index contributed by atoms with van der Waals surface area (Å²) in [4.78, 5) is 12.6. The summed E-state index contributed by atoms with van der Waals surface area (Å²) in [5, 5.41) is 12.8. The lowest BCUT2D eigenvalue weighted by Gasteiger charge is -2.36. The summed E-state index contributed by atoms with van der Waals surface area (Å²) >= 11 is 0. The van der Waals surface area contributed by atoms with Gasteiger partial charge in [0.2, 0.25) is 5.91 Å². The molecule has 1 saturated carbocycles. The van der Waals surface area contributed by atoms with Crippen molar-refractivity contribution in [2.75, 3.05) is 0 Å². The maximum Gasteiger partial charge on any atom is 0.226 e. The number of nitrogens with one attached hydrogen (secondary N) is 1. The highest BCUT2D eigenvalue weighted by Crippen LogP contribution is 2.43. The molecule has 1 rings (SSSR count). The van der Waals surface area contributed by atoms with E-state index in [1.807, 2.05) is 13.8 Å². The van der Waals surface area contributed by atoms with E-state index >= 15 is 0 Å². The Morgan fingerprint density at radius 1 is 1.28 bits per heavy atom. The highest BCUT2D eigenvalue weighted by molar-refractivity contribution is 5.83. The zero-order valence-corrected chi connectivity index (χ0v) is 12.5. The standard InChI is InChI=1S/C15H29NO2/c1-11(2)10-15(8-6-7-9-15)13(18)16-14(4,5)12(3)17/h11-12,17H,6-10H2,1-5H3,(H,16,18). The van der Waals surface area contributed by atoms with Crippen LogP contribution in [0.1, 0.15) is 66.7 Å². The van der Waals surface area contributed by atoms with Crippen LogP contribution in [0.5, 0.6) is 0 Å². The third-order valence-electron chi connectivity index (χ3n) is 4.32. The molecule has 1 amide bonds. The molecule has 3 heteroatoms. The third-order valence-corrected chi connectivity index (χ3v) is 4.32. The Labute approximate surface area is 111 Å². The van der Waals surface area contributed by atoms with E-state index in [2.05, 4.69) is 19.2 Å². The van der Waals surface area contributed by atoms with Gasteiger partial charge < -0.3 is 10.4 Å². The molecule has 106 valence electrons. The van der Waals surface area contributed by atoms with Crippen molar-refractivity contribution in [3.63, 3.8) is 0 Å². The molecule has 2 N–H and O–H groups in total. The molecule has 0 radical (unpaired) electrons. The quantitative estimate of drug-likeness (QED) is 0.793. The topological polar surface area (TPSA) is 49.3 Å². The number of aliphatic hydroxyl groups is 1. The zero-order chi connectivity index (χ0) is 14.0. The van der Waals surface area contributed by atoms with Crippen molar-refractivity contribution in [3.05, 3.63) is 0 Å². The van der Waals surface area contributed by atoms with E-state index in [-0.39, 0.29) is 11.3 Å². The minimum atomic E-state index is -0.552. The third kappa shape index (κ3) is 3.47. The van der Waals surface area contributed by atoms with E-state index in [9.17, 15) is 9.90 Å². The van der Waals surface area contributed by atoms with Gasteiger partial charge in [-0.1, -0.05) is 26.7 Å². The summed E-state index contributed by atoms with van der Waals surface area (Å²) in [5.41, 5.74) is -0.746. The van der Waals surface area contributed by atoms with E-state index in [0.717, 1.165) is 32.1 Å². The molecule has 0 spiro atoms. The highest BCUT2D eigenvalue weighted by Gasteiger charge is 2.43. The summed E-state index contributed by atoms with van der Waals surface area (Å²) < 4.78 is 0. The lowest BCUT2D eigenvalue weighted by Crippen LogP contribution is -2.55. The largest absolute Gasteiger partial charge is 0.391 e. The van der Waals surface area contributed by atoms with Gasteiger partial charge in [0.15, 0.2) is 0 Å². The minimum Gasteiger partial charge on any atom is -0.391 e. The van der Waals surface area contributed by atoms with Crippen LogP contribution in [0.2, 0.25) is 0 Å². The van der Waals surface area contributed by atoms with Crippen LogP contribution in [0, 0.1) is 11.3 Å². The van der Waals surface area contributed by atoms with Crippen LogP contribution in [0.15, 0.2) is 0 Å². The van der Waals surface area contributed by atoms with Crippen molar-refractivity contribution < 1.29 is 9.90 Å². The van der Waals surface area contributed by atoms with Crippen molar-refractivity contribution in [2.45, 2.75) is 78.4 Å². The fourth-order valence-corrected chi connectivity index (χ4v) is 2.89. The Balaban J connectivity index is 2.78. The zero-order valence-electron chi connectivity index (χ0n) is 12.5. The van der Waals surface area contributed by atoms with Crippen LogP contribution in [-0.2, 0) is 4.79 Å². The Morgan fingerprint density at radius 2 is 1.78 bits per heavy atom. The monoisotopic (exact) mass is 255 g/mol. The van der Waals surface area contributed by atoms with E-state index in [1.165, 1.54) is 0 Å². The van der Waals surface area contributed by atoms with Crippen LogP contribution in [0.4, 0.5) is 0 Å². The van der Waals surface area contributed by atoms with E-state index < -0.39 is 11.6 Å². The molecule has 1 atom stereocenters. The lowest BCUT2D eigenvalue weighted by molar-refractivity contribution is -0.134. The second kappa shape index (κ2) is 5.60. The molecule has 0 saturated heterocycles. The average Bonchev–Trinajstić information content (AvgIpc) is 2.65. The van der Waals surface area contributed by atoms with Crippen LogP contribution in [0.25, 0.3) is 0 Å². The van der Waals surface area contributed by atoms with Crippen LogP contribution in [0.3, 0.4) is 0 Å². The van der Waals surface area contributed by atoms with E-state index in [4.69, 9.17) is 0 Å². The summed E-state index contributed by atoms with van der Waals surface area (Å²) in [6, 6.07) is 0. The number of rotatable bonds is 5. The Morgan fingerprint density at radius 3 is 2.17 bits per heavy atom. The molecule has 0 heterocycles. The molecule has 1 aliphatic rings. The maximum atomic E-state index is 12.6. The molecule has 0 aromatic carbocycles. The normalized spacial score (nSPS) is 21.1. The molecular weight excluding hydrogens is 226 g/mol. The first-order valence-electron chi connectivity index (χ1n) is 7.20. The first-order valence-corrected chi connectivity index (χ1v) is 7.20. The van der Waals surface area contributed by atoms with Gasteiger partial charge in [0.05, 0.1) is 11.6 Å². The van der Waals surface area contributed by atoms with Gasteiger partial charge in [-0.2, -0.15) is 0 Å². The number of carbonyl (C=O) groups is 1. The van der Waals surface area contributed by atoms with Gasteiger partial charge in [-0.05, 0) is 46.0 Å². The van der Waals surface area contributed by atoms with Gasteiger partial charge in [-0.15, -0.1) is 0 Å². The fourth-order valence-electron chi connectivity index (χ4n) is 2.89. The smallest absolute Gasteiger partial charge is 0.226 e. The molecule has 1 unspecified atom stereocenters. The second-order valence-corrected chi connectivity index (χ2v) is 6.94. The molecule has 1 aliphatic carbocycles. The second-order valence-electron chi connectivity index (χ2n) is 6.94. The first kappa shape index (κ1) is 15.5. The molecule has 3 nitrogen and oxygen atoms in total. The minimum absolute atomic E-state index is 0.139. The number of aliphatic hydroxyl groups excluding tert-OH is 1. The van der Waals surface area contributed by atoms with E-state index in [1.54, 1.807) is 6.92 Å². The van der Waals surface area contributed by atoms with Gasteiger partial charge in [0, 0.05) is 5.41 Å². The van der Waals surface area contributed by atoms with Gasteiger partial charge in [0.25, 0.3) is 0 Å². The van der Waals surface area contributed by atoms with Crippen molar-refractivity contribution in [3.8, 4) is 0 Å². The Hall–Kier alpha value is -0.570. The Kier molecular flexibility index (Phi) is 4.82. The van der Waals surface area contributed by atoms with Gasteiger partial charge in [-0.25, -0.2) is 0 Å². The summed E-state index contributed by atoms with van der Waals surface area (Å²) in [6.45, 7) is 9.84. The molecule has 0 aliphatic heterocycles. The lowest BCUT2D eigenvalue weighted by atomic mass is 9.77. The predicted octanol–water partition coefficient (Wildman–Crippen LogP) is 2.87. The van der Waals surface area contributed by atoms with Crippen molar-refractivity contribution in [1.82, 2.24) is 5.32 Å². The van der Waals surface area contributed by atoms with Crippen molar-refractivity contribution >= 4 is 5.91 Å². The SMILES string of the molecule is CC(C)CC1(C(=O)NC(C)(C)C(C)O)CCCC1. The van der Waals surface area contributed by atoms with E-state index in [0.29, 0.717) is 5.92 Å². The highest BCUT2D eigenvalue weighted by atomic mass is 16.3. The molecule has 0 aromatic rings. The average molecular weight is 255 g/mol. The van der Waals surface area contributed by atoms with Gasteiger partial charge in [-0.3, -0.25) is 4.79 Å². The predicted molar refractivity (Wildman–Crippen MR) is 74.3 cm³/mol. The van der Waals surface area contributed by atoms with Crippen LogP contribution in [-0.4, -0.2) is 22.7 Å². The van der Waals surface area contributed by atoms with Gasteiger partial charge >= 0.3 is 0 Å². The number of carbonyl (C=O) groups excluding carboxylic acids is 1. The number of hydrogen-bond acceptors (Lipinski definition) is 2. The molecule has 0 bridgehead atoms. The molecular formula is C15H29NO2. The summed E-state index contributed by atoms with van der Waals surface area (Å²) in [6.07, 6.45) is 4.69.